The van der Waals surface area contributed by atoms with Crippen molar-refractivity contribution in [3.8, 4) is 0 Å². The predicted molar refractivity (Wildman–Crippen MR) is 76.1 cm³/mol. The summed E-state index contributed by atoms with van der Waals surface area (Å²) >= 11 is 6.01. The van der Waals surface area contributed by atoms with Crippen LogP contribution < -0.4 is 0 Å². The predicted octanol–water partition coefficient (Wildman–Crippen LogP) is 3.56. The second kappa shape index (κ2) is 6.55. The highest BCUT2D eigenvalue weighted by atomic mass is 35.5. The van der Waals surface area contributed by atoms with Crippen molar-refractivity contribution in [2.75, 3.05) is 19.6 Å². The Morgan fingerprint density at radius 1 is 1.22 bits per heavy atom. The Hall–Kier alpha value is -0.570. The van der Waals surface area contributed by atoms with Gasteiger partial charge in [0.1, 0.15) is 0 Å². The number of benzene rings is 1. The topological polar surface area (TPSA) is 23.5 Å². The third-order valence-electron chi connectivity index (χ3n) is 3.70. The summed E-state index contributed by atoms with van der Waals surface area (Å²) in [4.78, 5) is 2.38. The molecule has 3 heteroatoms. The summed E-state index contributed by atoms with van der Waals surface area (Å²) in [6, 6.07) is 5.79. The summed E-state index contributed by atoms with van der Waals surface area (Å²) in [6.45, 7) is 4.94. The van der Waals surface area contributed by atoms with Gasteiger partial charge < -0.3 is 10.0 Å². The van der Waals surface area contributed by atoms with Gasteiger partial charge in [0.15, 0.2) is 0 Å². The molecule has 0 amide bonds. The molecule has 0 aromatic heterocycles. The van der Waals surface area contributed by atoms with E-state index in [2.05, 4.69) is 4.90 Å². The molecule has 1 saturated heterocycles. The average molecular weight is 268 g/mol. The lowest BCUT2D eigenvalue weighted by Crippen LogP contribution is -2.29. The summed E-state index contributed by atoms with van der Waals surface area (Å²) in [5.74, 6) is 0. The number of halogens is 1. The first-order valence-corrected chi connectivity index (χ1v) is 7.21. The molecule has 18 heavy (non-hydrogen) atoms. The maximum Gasteiger partial charge on any atom is 0.0917 e. The molecule has 0 aliphatic carbocycles. The summed E-state index contributed by atoms with van der Waals surface area (Å²) in [5.41, 5.74) is 2.00. The highest BCUT2D eigenvalue weighted by molar-refractivity contribution is 6.31. The highest BCUT2D eigenvalue weighted by Crippen LogP contribution is 2.22. The van der Waals surface area contributed by atoms with Gasteiger partial charge >= 0.3 is 0 Å². The van der Waals surface area contributed by atoms with Crippen molar-refractivity contribution < 1.29 is 5.11 Å². The third-order valence-corrected chi connectivity index (χ3v) is 4.12. The Morgan fingerprint density at radius 2 is 1.89 bits per heavy atom. The molecule has 0 spiro atoms. The van der Waals surface area contributed by atoms with E-state index in [0.717, 1.165) is 35.8 Å². The van der Waals surface area contributed by atoms with Crippen LogP contribution in [0.3, 0.4) is 0 Å². The molecule has 1 aliphatic rings. The first-order valence-electron chi connectivity index (χ1n) is 6.83. The summed E-state index contributed by atoms with van der Waals surface area (Å²) in [7, 11) is 0. The molecule has 1 aliphatic heterocycles. The van der Waals surface area contributed by atoms with Gasteiger partial charge in [0.25, 0.3) is 0 Å². The van der Waals surface area contributed by atoms with Gasteiger partial charge in [-0.05, 0) is 50.0 Å². The second-order valence-electron chi connectivity index (χ2n) is 5.24. The number of hydrogen-bond acceptors (Lipinski definition) is 2. The number of aliphatic hydroxyl groups excluding tert-OH is 1. The summed E-state index contributed by atoms with van der Waals surface area (Å²) in [5, 5.41) is 11.1. The van der Waals surface area contributed by atoms with Crippen LogP contribution in [0.25, 0.3) is 0 Å². The molecule has 0 saturated carbocycles. The van der Waals surface area contributed by atoms with Crippen LogP contribution in [0.4, 0.5) is 0 Å². The number of aliphatic hydroxyl groups is 1. The lowest BCUT2D eigenvalue weighted by Gasteiger charge is -2.23. The van der Waals surface area contributed by atoms with Gasteiger partial charge in [-0.2, -0.15) is 0 Å². The van der Waals surface area contributed by atoms with Crippen molar-refractivity contribution in [3.05, 3.63) is 34.3 Å². The van der Waals surface area contributed by atoms with Gasteiger partial charge in [0.2, 0.25) is 0 Å². The minimum atomic E-state index is -0.404. The molecular formula is C15H22ClNO. The van der Waals surface area contributed by atoms with Gasteiger partial charge in [-0.1, -0.05) is 36.6 Å². The first-order chi connectivity index (χ1) is 8.66. The molecule has 1 aromatic carbocycles. The first kappa shape index (κ1) is 13.9. The van der Waals surface area contributed by atoms with Crippen molar-refractivity contribution in [1.29, 1.82) is 0 Å². The quantitative estimate of drug-likeness (QED) is 0.905. The molecule has 100 valence electrons. The molecule has 1 aromatic rings. The van der Waals surface area contributed by atoms with E-state index in [1.807, 2.05) is 25.1 Å². The van der Waals surface area contributed by atoms with Gasteiger partial charge in [-0.25, -0.2) is 0 Å². The van der Waals surface area contributed by atoms with E-state index in [0.29, 0.717) is 0 Å². The van der Waals surface area contributed by atoms with Crippen LogP contribution in [-0.2, 0) is 0 Å². The molecule has 1 heterocycles. The standard InChI is InChI=1S/C15H22ClNO/c1-12-10-13(6-7-14(12)16)15(18)11-17-8-4-2-3-5-9-17/h6-7,10,15,18H,2-5,8-9,11H2,1H3. The number of hydrogen-bond donors (Lipinski definition) is 1. The number of likely N-dealkylation sites (tertiary alicyclic amines) is 1. The Balaban J connectivity index is 1.97. The summed E-state index contributed by atoms with van der Waals surface area (Å²) < 4.78 is 0. The maximum absolute atomic E-state index is 10.3. The SMILES string of the molecule is Cc1cc(C(O)CN2CCCCCC2)ccc1Cl. The smallest absolute Gasteiger partial charge is 0.0917 e. The Labute approximate surface area is 115 Å². The van der Waals surface area contributed by atoms with E-state index < -0.39 is 6.10 Å². The molecule has 2 rings (SSSR count). The van der Waals surface area contributed by atoms with E-state index in [4.69, 9.17) is 11.6 Å². The molecular weight excluding hydrogens is 246 g/mol. The largest absolute Gasteiger partial charge is 0.387 e. The zero-order valence-electron chi connectivity index (χ0n) is 11.0. The zero-order valence-corrected chi connectivity index (χ0v) is 11.8. The average Bonchev–Trinajstić information content (AvgIpc) is 2.61. The van der Waals surface area contributed by atoms with Gasteiger partial charge in [-0.3, -0.25) is 0 Å². The number of aryl methyl sites for hydroxylation is 1. The second-order valence-corrected chi connectivity index (χ2v) is 5.65. The van der Waals surface area contributed by atoms with Crippen LogP contribution in [-0.4, -0.2) is 29.6 Å². The van der Waals surface area contributed by atoms with Gasteiger partial charge in [-0.15, -0.1) is 0 Å². The normalized spacial score (nSPS) is 19.5. The van der Waals surface area contributed by atoms with Crippen LogP contribution in [0.1, 0.15) is 42.9 Å². The maximum atomic E-state index is 10.3. The number of nitrogens with zero attached hydrogens (tertiary/aromatic N) is 1. The van der Waals surface area contributed by atoms with E-state index in [-0.39, 0.29) is 0 Å². The van der Waals surface area contributed by atoms with Crippen LogP contribution >= 0.6 is 11.6 Å². The van der Waals surface area contributed by atoms with Crippen LogP contribution in [0.5, 0.6) is 0 Å². The molecule has 0 bridgehead atoms. The van der Waals surface area contributed by atoms with Crippen LogP contribution in [0, 0.1) is 6.92 Å². The van der Waals surface area contributed by atoms with E-state index in [9.17, 15) is 5.11 Å². The Kier molecular flexibility index (Phi) is 5.04. The molecule has 1 fully saturated rings. The highest BCUT2D eigenvalue weighted by Gasteiger charge is 2.15. The monoisotopic (exact) mass is 267 g/mol. The fourth-order valence-corrected chi connectivity index (χ4v) is 2.66. The lowest BCUT2D eigenvalue weighted by molar-refractivity contribution is 0.115. The molecule has 1 unspecified atom stereocenters. The Morgan fingerprint density at radius 3 is 2.50 bits per heavy atom. The third kappa shape index (κ3) is 3.71. The molecule has 1 N–H and O–H groups in total. The minimum Gasteiger partial charge on any atom is -0.387 e. The van der Waals surface area contributed by atoms with Crippen LogP contribution in [0.15, 0.2) is 18.2 Å². The van der Waals surface area contributed by atoms with E-state index >= 15 is 0 Å². The fraction of sp³-hybridized carbons (Fsp3) is 0.600. The van der Waals surface area contributed by atoms with Crippen molar-refractivity contribution in [3.63, 3.8) is 0 Å². The minimum absolute atomic E-state index is 0.404. The van der Waals surface area contributed by atoms with Crippen molar-refractivity contribution in [2.45, 2.75) is 38.7 Å². The van der Waals surface area contributed by atoms with Crippen molar-refractivity contribution >= 4 is 11.6 Å². The van der Waals surface area contributed by atoms with Crippen molar-refractivity contribution in [2.24, 2.45) is 0 Å². The van der Waals surface area contributed by atoms with Gasteiger partial charge in [0, 0.05) is 11.6 Å². The summed E-state index contributed by atoms with van der Waals surface area (Å²) in [6.07, 6.45) is 4.76. The number of β-amino-alcohol motifs (C(OH)–C–C–N with tert-alkyl or cyclic N) is 1. The van der Waals surface area contributed by atoms with E-state index in [1.165, 1.54) is 25.7 Å². The molecule has 0 radical (unpaired) electrons. The fourth-order valence-electron chi connectivity index (χ4n) is 2.54. The van der Waals surface area contributed by atoms with Gasteiger partial charge in [0.05, 0.1) is 6.10 Å². The number of rotatable bonds is 3. The molecule has 1 atom stereocenters. The van der Waals surface area contributed by atoms with E-state index in [1.54, 1.807) is 0 Å². The zero-order chi connectivity index (χ0) is 13.0. The lowest BCUT2D eigenvalue weighted by atomic mass is 10.1. The molecule has 2 nitrogen and oxygen atoms in total. The van der Waals surface area contributed by atoms with Crippen LogP contribution in [0.2, 0.25) is 5.02 Å². The van der Waals surface area contributed by atoms with Crippen molar-refractivity contribution in [1.82, 2.24) is 4.90 Å². The Bertz CT molecular complexity index is 386.